The number of rotatable bonds is 4. The van der Waals surface area contributed by atoms with E-state index in [-0.39, 0.29) is 17.5 Å². The number of esters is 1. The summed E-state index contributed by atoms with van der Waals surface area (Å²) >= 11 is 1.42. The highest BCUT2D eigenvalue weighted by Crippen LogP contribution is 2.34. The van der Waals surface area contributed by atoms with Crippen LogP contribution in [0.1, 0.15) is 23.0 Å². The number of nitrogens with zero attached hydrogens (tertiary/aromatic N) is 1. The summed E-state index contributed by atoms with van der Waals surface area (Å²) in [6.07, 6.45) is 0. The zero-order chi connectivity index (χ0) is 17.3. The Morgan fingerprint density at radius 1 is 1.29 bits per heavy atom. The Bertz CT molecular complexity index is 960. The number of hydrogen-bond donors (Lipinski definition) is 3. The van der Waals surface area contributed by atoms with E-state index in [2.05, 4.69) is 15.0 Å². The van der Waals surface area contributed by atoms with Crippen LogP contribution in [0.5, 0.6) is 0 Å². The van der Waals surface area contributed by atoms with E-state index in [1.165, 1.54) is 11.8 Å². The lowest BCUT2D eigenvalue weighted by atomic mass is 10.2. The highest BCUT2D eigenvalue weighted by Gasteiger charge is 2.15. The minimum Gasteiger partial charge on any atom is -0.462 e. The normalized spacial score (nSPS) is 10.9. The van der Waals surface area contributed by atoms with Crippen molar-refractivity contribution in [1.82, 2.24) is 15.0 Å². The Morgan fingerprint density at radius 2 is 2.00 bits per heavy atom. The van der Waals surface area contributed by atoms with Crippen LogP contribution in [0.3, 0.4) is 0 Å². The molecule has 8 heteroatoms. The van der Waals surface area contributed by atoms with Gasteiger partial charge in [0.2, 0.25) is 5.95 Å². The van der Waals surface area contributed by atoms with Gasteiger partial charge < -0.3 is 15.5 Å². The predicted octanol–water partition coefficient (Wildman–Crippen LogP) is 2.47. The third kappa shape index (κ3) is 3.00. The Morgan fingerprint density at radius 3 is 2.67 bits per heavy atom. The van der Waals surface area contributed by atoms with E-state index in [9.17, 15) is 9.59 Å². The molecule has 0 saturated heterocycles. The minimum absolute atomic E-state index is 0.0732. The Kier molecular flexibility index (Phi) is 4.30. The van der Waals surface area contributed by atoms with Crippen LogP contribution in [-0.2, 0) is 4.74 Å². The van der Waals surface area contributed by atoms with Crippen molar-refractivity contribution in [2.75, 3.05) is 12.3 Å². The Labute approximate surface area is 141 Å². The number of aryl methyl sites for hydroxylation is 1. The topological polar surface area (TPSA) is 114 Å². The van der Waals surface area contributed by atoms with Crippen molar-refractivity contribution >= 4 is 34.7 Å². The summed E-state index contributed by atoms with van der Waals surface area (Å²) in [7, 11) is 0. The summed E-state index contributed by atoms with van der Waals surface area (Å²) in [5, 5.41) is 0.473. The smallest absolute Gasteiger partial charge is 0.338 e. The zero-order valence-electron chi connectivity index (χ0n) is 13.2. The first-order chi connectivity index (χ1) is 11.5. The van der Waals surface area contributed by atoms with Crippen LogP contribution in [0, 0.1) is 6.92 Å². The molecule has 0 aliphatic carbocycles. The summed E-state index contributed by atoms with van der Waals surface area (Å²) in [5.74, 6) is -0.280. The molecule has 0 amide bonds. The Hall–Kier alpha value is -2.74. The highest BCUT2D eigenvalue weighted by atomic mass is 32.2. The van der Waals surface area contributed by atoms with E-state index >= 15 is 0 Å². The van der Waals surface area contributed by atoms with E-state index in [0.717, 1.165) is 15.5 Å². The number of nitrogens with one attached hydrogen (secondary N) is 2. The monoisotopic (exact) mass is 344 g/mol. The van der Waals surface area contributed by atoms with Gasteiger partial charge in [0.05, 0.1) is 17.6 Å². The first-order valence-electron chi connectivity index (χ1n) is 7.32. The van der Waals surface area contributed by atoms with Gasteiger partial charge in [-0.2, -0.15) is 4.98 Å². The van der Waals surface area contributed by atoms with E-state index in [1.807, 2.05) is 19.1 Å². The standard InChI is InChI=1S/C16H16N4O3S/c1-3-23-15(22)9-4-6-10(7-5-9)24-12-8(2)18-13-11(12)14(21)20-16(17)19-13/h4-7H,3H2,1-2H3,(H4,17,18,19,20,21). The molecule has 0 aliphatic heterocycles. The molecular formula is C16H16N4O3S. The van der Waals surface area contributed by atoms with Gasteiger partial charge in [0.25, 0.3) is 5.56 Å². The van der Waals surface area contributed by atoms with Crippen LogP contribution in [0.15, 0.2) is 38.9 Å². The summed E-state index contributed by atoms with van der Waals surface area (Å²) < 4.78 is 4.96. The van der Waals surface area contributed by atoms with Gasteiger partial charge in [0.15, 0.2) is 0 Å². The van der Waals surface area contributed by atoms with Gasteiger partial charge in [-0.15, -0.1) is 0 Å². The number of benzene rings is 1. The molecule has 0 aliphatic rings. The molecule has 2 heterocycles. The molecular weight excluding hydrogens is 328 g/mol. The van der Waals surface area contributed by atoms with Gasteiger partial charge >= 0.3 is 5.97 Å². The second kappa shape index (κ2) is 6.40. The van der Waals surface area contributed by atoms with E-state index in [1.54, 1.807) is 19.1 Å². The van der Waals surface area contributed by atoms with Crippen LogP contribution in [-0.4, -0.2) is 27.5 Å². The number of carbonyl (C=O) groups is 1. The third-order valence-electron chi connectivity index (χ3n) is 3.40. The molecule has 0 unspecified atom stereocenters. The van der Waals surface area contributed by atoms with Crippen LogP contribution in [0.4, 0.5) is 5.95 Å². The van der Waals surface area contributed by atoms with Gasteiger partial charge in [-0.25, -0.2) is 4.79 Å². The molecule has 1 aromatic carbocycles. The summed E-state index contributed by atoms with van der Waals surface area (Å²) in [5.41, 5.74) is 7.06. The van der Waals surface area contributed by atoms with E-state index in [4.69, 9.17) is 10.5 Å². The number of hydrogen-bond acceptors (Lipinski definition) is 6. The predicted molar refractivity (Wildman–Crippen MR) is 92.4 cm³/mol. The molecule has 124 valence electrons. The number of carbonyl (C=O) groups excluding carboxylic acids is 1. The number of fused-ring (bicyclic) bond motifs is 1. The lowest BCUT2D eigenvalue weighted by Gasteiger charge is -2.04. The molecule has 24 heavy (non-hydrogen) atoms. The summed E-state index contributed by atoms with van der Waals surface area (Å²) in [6, 6.07) is 7.03. The molecule has 7 nitrogen and oxygen atoms in total. The molecule has 3 aromatic rings. The van der Waals surface area contributed by atoms with Gasteiger partial charge in [-0.05, 0) is 38.1 Å². The average Bonchev–Trinajstić information content (AvgIpc) is 2.84. The fourth-order valence-corrected chi connectivity index (χ4v) is 3.34. The third-order valence-corrected chi connectivity index (χ3v) is 4.62. The van der Waals surface area contributed by atoms with Gasteiger partial charge in [0, 0.05) is 15.5 Å². The fourth-order valence-electron chi connectivity index (χ4n) is 2.33. The lowest BCUT2D eigenvalue weighted by molar-refractivity contribution is 0.0526. The van der Waals surface area contributed by atoms with Crippen molar-refractivity contribution in [3.05, 3.63) is 45.9 Å². The Balaban J connectivity index is 1.94. The number of anilines is 1. The molecule has 0 spiro atoms. The maximum atomic E-state index is 12.2. The van der Waals surface area contributed by atoms with Crippen LogP contribution >= 0.6 is 11.8 Å². The number of H-pyrrole nitrogens is 2. The van der Waals surface area contributed by atoms with Gasteiger partial charge in [-0.3, -0.25) is 9.78 Å². The average molecular weight is 344 g/mol. The number of nitrogen functional groups attached to an aromatic ring is 1. The quantitative estimate of drug-likeness (QED) is 0.627. The number of nitrogens with two attached hydrogens (primary N) is 1. The lowest BCUT2D eigenvalue weighted by Crippen LogP contribution is -2.10. The molecule has 0 fully saturated rings. The number of aromatic nitrogens is 3. The van der Waals surface area contributed by atoms with Crippen molar-refractivity contribution in [1.29, 1.82) is 0 Å². The number of aromatic amines is 2. The van der Waals surface area contributed by atoms with Gasteiger partial charge in [-0.1, -0.05) is 11.8 Å². The maximum Gasteiger partial charge on any atom is 0.338 e. The number of ether oxygens (including phenoxy) is 1. The molecule has 0 bridgehead atoms. The maximum absolute atomic E-state index is 12.2. The van der Waals surface area contributed by atoms with Crippen molar-refractivity contribution in [2.24, 2.45) is 0 Å². The van der Waals surface area contributed by atoms with E-state index < -0.39 is 0 Å². The fraction of sp³-hybridized carbons (Fsp3) is 0.188. The molecule has 2 aromatic heterocycles. The van der Waals surface area contributed by atoms with E-state index in [0.29, 0.717) is 23.2 Å². The molecule has 0 saturated carbocycles. The first-order valence-corrected chi connectivity index (χ1v) is 8.14. The molecule has 0 atom stereocenters. The van der Waals surface area contributed by atoms with Crippen molar-refractivity contribution in [3.8, 4) is 0 Å². The SMILES string of the molecule is CCOC(=O)c1ccc(Sc2c(C)[nH]c3nc(N)[nH]c(=O)c23)cc1. The second-order valence-corrected chi connectivity index (χ2v) is 6.18. The summed E-state index contributed by atoms with van der Waals surface area (Å²) in [6.45, 7) is 3.97. The van der Waals surface area contributed by atoms with Gasteiger partial charge in [0.1, 0.15) is 5.65 Å². The highest BCUT2D eigenvalue weighted by molar-refractivity contribution is 7.99. The molecule has 4 N–H and O–H groups in total. The largest absolute Gasteiger partial charge is 0.462 e. The zero-order valence-corrected chi connectivity index (χ0v) is 14.0. The second-order valence-electron chi connectivity index (χ2n) is 5.10. The van der Waals surface area contributed by atoms with Crippen LogP contribution in [0.25, 0.3) is 11.0 Å². The van der Waals surface area contributed by atoms with Crippen molar-refractivity contribution in [3.63, 3.8) is 0 Å². The van der Waals surface area contributed by atoms with Crippen LogP contribution in [0.2, 0.25) is 0 Å². The molecule has 0 radical (unpaired) electrons. The van der Waals surface area contributed by atoms with Crippen molar-refractivity contribution in [2.45, 2.75) is 23.6 Å². The summed E-state index contributed by atoms with van der Waals surface area (Å²) in [4.78, 5) is 35.2. The minimum atomic E-state index is -0.353. The van der Waals surface area contributed by atoms with Crippen molar-refractivity contribution < 1.29 is 9.53 Å². The molecule has 3 rings (SSSR count). The van der Waals surface area contributed by atoms with Crippen LogP contribution < -0.4 is 11.3 Å². The first kappa shape index (κ1) is 16.1.